The van der Waals surface area contributed by atoms with E-state index in [1.807, 2.05) is 43.3 Å². The van der Waals surface area contributed by atoms with Gasteiger partial charge in [0.15, 0.2) is 0 Å². The molecule has 0 aliphatic carbocycles. The number of anilines is 2. The lowest BCUT2D eigenvalue weighted by molar-refractivity contribution is -0.128. The summed E-state index contributed by atoms with van der Waals surface area (Å²) in [4.78, 5) is 15.0. The van der Waals surface area contributed by atoms with Gasteiger partial charge in [0.2, 0.25) is 0 Å². The van der Waals surface area contributed by atoms with E-state index in [-0.39, 0.29) is 6.61 Å². The van der Waals surface area contributed by atoms with Crippen LogP contribution >= 0.6 is 27.5 Å². The highest BCUT2D eigenvalue weighted by Gasteiger charge is 2.13. The molecular formula is C20H18BrClN2O3. The summed E-state index contributed by atoms with van der Waals surface area (Å²) in [7, 11) is 0. The standard InChI is InChI=1S/C20H18BrClN2O3/c1-2-27-19-10-18-16(9-17(19)21)20(13(11-23-18)6-7-26-12-25)24-15-5-3-4-14(22)8-15/h3-5,8-12H,2,6-7H2,1H3,(H,23,24). The fourth-order valence-electron chi connectivity index (χ4n) is 2.77. The fraction of sp³-hybridized carbons (Fsp3) is 0.200. The Balaban J connectivity index is 2.09. The highest BCUT2D eigenvalue weighted by Crippen LogP contribution is 2.36. The van der Waals surface area contributed by atoms with Crippen LogP contribution in [0, 0.1) is 0 Å². The normalized spacial score (nSPS) is 10.6. The molecule has 0 radical (unpaired) electrons. The van der Waals surface area contributed by atoms with Crippen LogP contribution < -0.4 is 10.1 Å². The van der Waals surface area contributed by atoms with E-state index in [0.717, 1.165) is 38.1 Å². The molecule has 1 aromatic heterocycles. The first-order chi connectivity index (χ1) is 13.1. The quantitative estimate of drug-likeness (QED) is 0.363. The molecule has 140 valence electrons. The Morgan fingerprint density at radius 1 is 1.30 bits per heavy atom. The van der Waals surface area contributed by atoms with Crippen LogP contribution in [0.15, 0.2) is 47.1 Å². The summed E-state index contributed by atoms with van der Waals surface area (Å²) in [6, 6.07) is 11.4. The molecule has 0 unspecified atom stereocenters. The van der Waals surface area contributed by atoms with Gasteiger partial charge in [0.1, 0.15) is 5.75 Å². The van der Waals surface area contributed by atoms with E-state index in [1.165, 1.54) is 0 Å². The summed E-state index contributed by atoms with van der Waals surface area (Å²) in [5.41, 5.74) is 3.48. The van der Waals surface area contributed by atoms with Crippen molar-refractivity contribution in [1.82, 2.24) is 4.98 Å². The van der Waals surface area contributed by atoms with Gasteiger partial charge in [-0.1, -0.05) is 17.7 Å². The fourth-order valence-corrected chi connectivity index (χ4v) is 3.41. The van der Waals surface area contributed by atoms with Crippen LogP contribution in [0.2, 0.25) is 5.02 Å². The van der Waals surface area contributed by atoms with Crippen LogP contribution in [0.3, 0.4) is 0 Å². The molecule has 5 nitrogen and oxygen atoms in total. The van der Waals surface area contributed by atoms with Crippen LogP contribution in [-0.2, 0) is 16.0 Å². The topological polar surface area (TPSA) is 60.5 Å². The van der Waals surface area contributed by atoms with E-state index in [9.17, 15) is 4.79 Å². The van der Waals surface area contributed by atoms with Crippen LogP contribution in [0.1, 0.15) is 12.5 Å². The van der Waals surface area contributed by atoms with E-state index in [1.54, 1.807) is 6.20 Å². The number of nitrogens with one attached hydrogen (secondary N) is 1. The van der Waals surface area contributed by atoms with Crippen molar-refractivity contribution in [2.75, 3.05) is 18.5 Å². The number of carbonyl (C=O) groups excluding carboxylic acids is 1. The first-order valence-corrected chi connectivity index (χ1v) is 9.61. The highest BCUT2D eigenvalue weighted by atomic mass is 79.9. The second-order valence-corrected chi connectivity index (χ2v) is 7.03. The van der Waals surface area contributed by atoms with Crippen molar-refractivity contribution in [3.05, 3.63) is 57.7 Å². The van der Waals surface area contributed by atoms with Gasteiger partial charge in [-0.15, -0.1) is 0 Å². The van der Waals surface area contributed by atoms with Gasteiger partial charge in [0, 0.05) is 34.8 Å². The van der Waals surface area contributed by atoms with Crippen molar-refractivity contribution in [3.63, 3.8) is 0 Å². The van der Waals surface area contributed by atoms with Crippen LogP contribution in [0.4, 0.5) is 11.4 Å². The van der Waals surface area contributed by atoms with Gasteiger partial charge >= 0.3 is 0 Å². The zero-order chi connectivity index (χ0) is 19.2. The number of halogens is 2. The third kappa shape index (κ3) is 4.70. The smallest absolute Gasteiger partial charge is 0.293 e. The number of rotatable bonds is 8. The minimum absolute atomic E-state index is 0.277. The summed E-state index contributed by atoms with van der Waals surface area (Å²) in [5, 5.41) is 5.00. The minimum Gasteiger partial charge on any atom is -0.493 e. The van der Waals surface area contributed by atoms with Gasteiger partial charge in [-0.2, -0.15) is 0 Å². The van der Waals surface area contributed by atoms with E-state index in [2.05, 4.69) is 26.2 Å². The van der Waals surface area contributed by atoms with E-state index >= 15 is 0 Å². The van der Waals surface area contributed by atoms with Crippen molar-refractivity contribution in [2.24, 2.45) is 0 Å². The number of ether oxygens (including phenoxy) is 2. The first kappa shape index (κ1) is 19.5. The molecule has 3 rings (SSSR count). The maximum absolute atomic E-state index is 10.5. The number of aromatic nitrogens is 1. The molecule has 3 aromatic rings. The molecule has 2 aromatic carbocycles. The van der Waals surface area contributed by atoms with Crippen molar-refractivity contribution in [2.45, 2.75) is 13.3 Å². The molecule has 0 atom stereocenters. The molecule has 1 N–H and O–H groups in total. The van der Waals surface area contributed by atoms with Crippen molar-refractivity contribution < 1.29 is 14.3 Å². The van der Waals surface area contributed by atoms with Crippen molar-refractivity contribution in [1.29, 1.82) is 0 Å². The monoisotopic (exact) mass is 448 g/mol. The second kappa shape index (κ2) is 9.06. The predicted molar refractivity (Wildman–Crippen MR) is 111 cm³/mol. The Labute approximate surface area is 170 Å². The zero-order valence-corrected chi connectivity index (χ0v) is 17.0. The molecule has 0 bridgehead atoms. The molecular weight excluding hydrogens is 432 g/mol. The molecule has 1 heterocycles. The number of hydrogen-bond donors (Lipinski definition) is 1. The predicted octanol–water partition coefficient (Wildman–Crippen LogP) is 5.51. The Hall–Kier alpha value is -2.31. The molecule has 0 saturated heterocycles. The molecule has 0 aliphatic heterocycles. The second-order valence-electron chi connectivity index (χ2n) is 5.74. The summed E-state index contributed by atoms with van der Waals surface area (Å²) in [6.45, 7) is 3.23. The molecule has 0 spiro atoms. The lowest BCUT2D eigenvalue weighted by Gasteiger charge is -2.16. The van der Waals surface area contributed by atoms with Gasteiger partial charge in [-0.3, -0.25) is 9.78 Å². The van der Waals surface area contributed by atoms with E-state index in [4.69, 9.17) is 21.1 Å². The van der Waals surface area contributed by atoms with Gasteiger partial charge < -0.3 is 14.8 Å². The Morgan fingerprint density at radius 3 is 2.89 bits per heavy atom. The number of nitrogens with zero attached hydrogens (tertiary/aromatic N) is 1. The Kier molecular flexibility index (Phi) is 6.53. The molecule has 0 saturated carbocycles. The maximum Gasteiger partial charge on any atom is 0.293 e. The minimum atomic E-state index is 0.277. The Morgan fingerprint density at radius 2 is 2.15 bits per heavy atom. The number of pyridine rings is 1. The highest BCUT2D eigenvalue weighted by molar-refractivity contribution is 9.10. The number of benzene rings is 2. The van der Waals surface area contributed by atoms with Crippen LogP contribution in [0.25, 0.3) is 10.9 Å². The van der Waals surface area contributed by atoms with Crippen LogP contribution in [0.5, 0.6) is 5.75 Å². The molecule has 0 amide bonds. The van der Waals surface area contributed by atoms with Crippen LogP contribution in [-0.4, -0.2) is 24.7 Å². The SMILES string of the molecule is CCOc1cc2ncc(CCOC=O)c(Nc3cccc(Cl)c3)c2cc1Br. The number of fused-ring (bicyclic) bond motifs is 1. The third-order valence-corrected chi connectivity index (χ3v) is 4.81. The molecule has 0 aliphatic rings. The number of hydrogen-bond acceptors (Lipinski definition) is 5. The average Bonchev–Trinajstić information content (AvgIpc) is 2.65. The third-order valence-electron chi connectivity index (χ3n) is 3.95. The summed E-state index contributed by atoms with van der Waals surface area (Å²) in [6.07, 6.45) is 2.32. The average molecular weight is 450 g/mol. The van der Waals surface area contributed by atoms with Crippen molar-refractivity contribution in [3.8, 4) is 5.75 Å². The summed E-state index contributed by atoms with van der Waals surface area (Å²) >= 11 is 9.68. The molecule has 0 fully saturated rings. The first-order valence-electron chi connectivity index (χ1n) is 8.44. The largest absolute Gasteiger partial charge is 0.493 e. The Bertz CT molecular complexity index is 965. The lowest BCUT2D eigenvalue weighted by atomic mass is 10.1. The van der Waals surface area contributed by atoms with E-state index in [0.29, 0.717) is 24.5 Å². The zero-order valence-electron chi connectivity index (χ0n) is 14.7. The molecule has 7 heteroatoms. The van der Waals surface area contributed by atoms with Gasteiger partial charge in [0.05, 0.1) is 28.9 Å². The summed E-state index contributed by atoms with van der Waals surface area (Å²) in [5.74, 6) is 0.739. The summed E-state index contributed by atoms with van der Waals surface area (Å²) < 4.78 is 11.3. The van der Waals surface area contributed by atoms with Gasteiger partial charge in [0.25, 0.3) is 6.47 Å². The number of carbonyl (C=O) groups is 1. The van der Waals surface area contributed by atoms with E-state index < -0.39 is 0 Å². The molecule has 27 heavy (non-hydrogen) atoms. The van der Waals surface area contributed by atoms with Crippen molar-refractivity contribution >= 4 is 56.3 Å². The van der Waals surface area contributed by atoms with Gasteiger partial charge in [-0.25, -0.2) is 0 Å². The maximum atomic E-state index is 10.5. The lowest BCUT2D eigenvalue weighted by Crippen LogP contribution is -2.03. The van der Waals surface area contributed by atoms with Gasteiger partial charge in [-0.05, 0) is 52.7 Å².